The first kappa shape index (κ1) is 12.5. The number of hydrogen-bond donors (Lipinski definition) is 1. The summed E-state index contributed by atoms with van der Waals surface area (Å²) in [6.07, 6.45) is 9.33. The van der Waals surface area contributed by atoms with Crippen LogP contribution in [0, 0.1) is 0 Å². The van der Waals surface area contributed by atoms with Crippen molar-refractivity contribution in [1.29, 1.82) is 0 Å². The zero-order valence-electron chi connectivity index (χ0n) is 10.4. The van der Waals surface area contributed by atoms with Crippen molar-refractivity contribution < 1.29 is 9.90 Å². The Hall–Kier alpha value is -1.97. The molecular formula is C14H16N2O2. The Bertz CT molecular complexity index is 508. The molecule has 0 aromatic carbocycles. The predicted molar refractivity (Wildman–Crippen MR) is 72.2 cm³/mol. The number of carboxylic acids is 1. The maximum absolute atomic E-state index is 10.6. The van der Waals surface area contributed by atoms with Gasteiger partial charge in [-0.25, -0.2) is 0 Å². The molecule has 0 atom stereocenters. The van der Waals surface area contributed by atoms with Gasteiger partial charge in [0.2, 0.25) is 0 Å². The third-order valence-corrected chi connectivity index (χ3v) is 2.91. The van der Waals surface area contributed by atoms with E-state index in [0.717, 1.165) is 41.9 Å². The van der Waals surface area contributed by atoms with Gasteiger partial charge in [-0.1, -0.05) is 18.2 Å². The second-order valence-corrected chi connectivity index (χ2v) is 4.33. The van der Waals surface area contributed by atoms with Gasteiger partial charge < -0.3 is 5.11 Å². The minimum Gasteiger partial charge on any atom is -0.481 e. The van der Waals surface area contributed by atoms with Gasteiger partial charge in [-0.15, -0.1) is 0 Å². The molecule has 0 spiro atoms. The van der Waals surface area contributed by atoms with Crippen molar-refractivity contribution in [3.05, 3.63) is 35.1 Å². The molecule has 94 valence electrons. The minimum atomic E-state index is -0.799. The highest BCUT2D eigenvalue weighted by Gasteiger charge is 2.11. The molecule has 4 nitrogen and oxygen atoms in total. The molecule has 0 saturated carbocycles. The van der Waals surface area contributed by atoms with Crippen LogP contribution in [0.15, 0.2) is 45.1 Å². The molecule has 2 rings (SSSR count). The van der Waals surface area contributed by atoms with E-state index in [1.165, 1.54) is 0 Å². The van der Waals surface area contributed by atoms with Crippen LogP contribution in [-0.4, -0.2) is 29.5 Å². The lowest BCUT2D eigenvalue weighted by atomic mass is 9.97. The van der Waals surface area contributed by atoms with Crippen LogP contribution in [0.3, 0.4) is 0 Å². The first-order chi connectivity index (χ1) is 8.66. The summed E-state index contributed by atoms with van der Waals surface area (Å²) in [4.78, 5) is 19.5. The molecule has 4 heteroatoms. The number of hydrogen-bond acceptors (Lipinski definition) is 3. The molecule has 0 bridgehead atoms. The van der Waals surface area contributed by atoms with Gasteiger partial charge in [-0.2, -0.15) is 0 Å². The van der Waals surface area contributed by atoms with E-state index in [0.29, 0.717) is 0 Å². The van der Waals surface area contributed by atoms with E-state index in [-0.39, 0.29) is 6.42 Å². The summed E-state index contributed by atoms with van der Waals surface area (Å²) in [6, 6.07) is 0. The highest BCUT2D eigenvalue weighted by molar-refractivity contribution is 6.00. The monoisotopic (exact) mass is 244 g/mol. The van der Waals surface area contributed by atoms with E-state index in [9.17, 15) is 4.79 Å². The van der Waals surface area contributed by atoms with E-state index in [1.54, 1.807) is 0 Å². The summed E-state index contributed by atoms with van der Waals surface area (Å²) in [5, 5.41) is 8.73. The summed E-state index contributed by atoms with van der Waals surface area (Å²) in [5.74, 6) is -0.799. The van der Waals surface area contributed by atoms with Crippen molar-refractivity contribution in [3.63, 3.8) is 0 Å². The number of aliphatic imine (C=N–C) groups is 2. The smallest absolute Gasteiger partial charge is 0.307 e. The number of nitrogens with zero attached hydrogens (tertiary/aromatic N) is 2. The van der Waals surface area contributed by atoms with Crippen LogP contribution < -0.4 is 0 Å². The number of allylic oxidation sites excluding steroid dienone is 5. The minimum absolute atomic E-state index is 0.0788. The quantitative estimate of drug-likeness (QED) is 0.811. The molecule has 0 aromatic heterocycles. The molecule has 0 saturated heterocycles. The fourth-order valence-corrected chi connectivity index (χ4v) is 2.00. The molecule has 0 amide bonds. The highest BCUT2D eigenvalue weighted by atomic mass is 16.4. The van der Waals surface area contributed by atoms with Gasteiger partial charge in [0.15, 0.2) is 0 Å². The largest absolute Gasteiger partial charge is 0.481 e. The van der Waals surface area contributed by atoms with Gasteiger partial charge in [0.05, 0.1) is 17.8 Å². The molecule has 18 heavy (non-hydrogen) atoms. The van der Waals surface area contributed by atoms with E-state index >= 15 is 0 Å². The summed E-state index contributed by atoms with van der Waals surface area (Å²) >= 11 is 0. The number of rotatable bonds is 2. The maximum Gasteiger partial charge on any atom is 0.307 e. The van der Waals surface area contributed by atoms with Crippen LogP contribution in [-0.2, 0) is 4.79 Å². The molecule has 0 unspecified atom stereocenters. The molecule has 1 N–H and O–H groups in total. The Morgan fingerprint density at radius 3 is 2.94 bits per heavy atom. The van der Waals surface area contributed by atoms with E-state index in [2.05, 4.69) is 9.98 Å². The van der Waals surface area contributed by atoms with Crippen LogP contribution in [0.25, 0.3) is 0 Å². The zero-order chi connectivity index (χ0) is 13.0. The Morgan fingerprint density at radius 2 is 2.28 bits per heavy atom. The molecule has 1 aliphatic heterocycles. The predicted octanol–water partition coefficient (Wildman–Crippen LogP) is 2.54. The van der Waals surface area contributed by atoms with Gasteiger partial charge in [0, 0.05) is 19.2 Å². The molecule has 0 fully saturated rings. The van der Waals surface area contributed by atoms with E-state index in [1.807, 2.05) is 31.4 Å². The Balaban J connectivity index is 2.20. The second kappa shape index (κ2) is 5.58. The summed E-state index contributed by atoms with van der Waals surface area (Å²) < 4.78 is 0. The molecule has 1 heterocycles. The van der Waals surface area contributed by atoms with Crippen LogP contribution >= 0.6 is 0 Å². The SMILES string of the molecule is CC1=NCCC=N/C1=C1/C=CC(CC(=O)O)=CC1. The highest BCUT2D eigenvalue weighted by Crippen LogP contribution is 2.23. The van der Waals surface area contributed by atoms with Gasteiger partial charge in [-0.3, -0.25) is 14.8 Å². The van der Waals surface area contributed by atoms with Gasteiger partial charge in [0.1, 0.15) is 0 Å². The van der Waals surface area contributed by atoms with Crippen LogP contribution in [0.1, 0.15) is 26.2 Å². The fraction of sp³-hybridized carbons (Fsp3) is 0.357. The molecular weight excluding hydrogens is 228 g/mol. The molecule has 0 aromatic rings. The van der Waals surface area contributed by atoms with Gasteiger partial charge in [0.25, 0.3) is 0 Å². The van der Waals surface area contributed by atoms with Crippen molar-refractivity contribution in [2.45, 2.75) is 26.2 Å². The Morgan fingerprint density at radius 1 is 1.44 bits per heavy atom. The lowest BCUT2D eigenvalue weighted by Gasteiger charge is -2.11. The molecule has 1 aliphatic carbocycles. The van der Waals surface area contributed by atoms with Crippen molar-refractivity contribution in [2.24, 2.45) is 9.98 Å². The normalized spacial score (nSPS) is 23.4. The van der Waals surface area contributed by atoms with Gasteiger partial charge in [-0.05, 0) is 24.5 Å². The maximum atomic E-state index is 10.6. The van der Waals surface area contributed by atoms with Crippen LogP contribution in [0.2, 0.25) is 0 Å². The zero-order valence-corrected chi connectivity index (χ0v) is 10.4. The average molecular weight is 244 g/mol. The van der Waals surface area contributed by atoms with Crippen molar-refractivity contribution >= 4 is 17.9 Å². The van der Waals surface area contributed by atoms with Crippen molar-refractivity contribution in [2.75, 3.05) is 6.54 Å². The third-order valence-electron chi connectivity index (χ3n) is 2.91. The first-order valence-corrected chi connectivity index (χ1v) is 6.03. The Labute approximate surface area is 106 Å². The van der Waals surface area contributed by atoms with Gasteiger partial charge >= 0.3 is 5.97 Å². The molecule has 2 aliphatic rings. The topological polar surface area (TPSA) is 62.0 Å². The average Bonchev–Trinajstić information content (AvgIpc) is 2.54. The lowest BCUT2D eigenvalue weighted by Crippen LogP contribution is -2.02. The second-order valence-electron chi connectivity index (χ2n) is 4.33. The van der Waals surface area contributed by atoms with Crippen molar-refractivity contribution in [1.82, 2.24) is 0 Å². The number of carbonyl (C=O) groups is 1. The van der Waals surface area contributed by atoms with E-state index < -0.39 is 5.97 Å². The first-order valence-electron chi connectivity index (χ1n) is 6.03. The van der Waals surface area contributed by atoms with Crippen molar-refractivity contribution in [3.8, 4) is 0 Å². The standard InChI is InChI=1S/C14H16N2O2/c1-10-14(16-8-2-7-15-10)12-5-3-11(4-6-12)9-13(17)18/h3-5,8H,2,6-7,9H2,1H3,(H,17,18)/b14-12-. The molecule has 0 radical (unpaired) electrons. The third kappa shape index (κ3) is 3.03. The van der Waals surface area contributed by atoms with Crippen LogP contribution in [0.4, 0.5) is 0 Å². The summed E-state index contributed by atoms with van der Waals surface area (Å²) in [6.45, 7) is 2.76. The summed E-state index contributed by atoms with van der Waals surface area (Å²) in [7, 11) is 0. The number of aliphatic carboxylic acids is 1. The fourth-order valence-electron chi connectivity index (χ4n) is 2.00. The van der Waals surface area contributed by atoms with E-state index in [4.69, 9.17) is 5.11 Å². The lowest BCUT2D eigenvalue weighted by molar-refractivity contribution is -0.136. The van der Waals surface area contributed by atoms with Crippen LogP contribution in [0.5, 0.6) is 0 Å². The Kier molecular flexibility index (Phi) is 3.87. The summed E-state index contributed by atoms with van der Waals surface area (Å²) in [5.41, 5.74) is 3.83. The number of carboxylic acid groups (broad SMARTS) is 1.